The van der Waals surface area contributed by atoms with E-state index >= 15 is 0 Å². The monoisotopic (exact) mass is 447 g/mol. The highest BCUT2D eigenvalue weighted by atomic mass is 35.5. The third kappa shape index (κ3) is 5.34. The van der Waals surface area contributed by atoms with Gasteiger partial charge in [-0.2, -0.15) is 5.26 Å². The van der Waals surface area contributed by atoms with Crippen LogP contribution in [0.1, 0.15) is 12.5 Å². The van der Waals surface area contributed by atoms with Crippen LogP contribution in [0.25, 0.3) is 6.08 Å². The van der Waals surface area contributed by atoms with Crippen LogP contribution in [0.5, 0.6) is 23.0 Å². The zero-order valence-corrected chi connectivity index (χ0v) is 17.5. The summed E-state index contributed by atoms with van der Waals surface area (Å²) in [5, 5.41) is 33.4. The number of anilines is 1. The lowest BCUT2D eigenvalue weighted by Gasteiger charge is -2.13. The molecule has 0 atom stereocenters. The summed E-state index contributed by atoms with van der Waals surface area (Å²) >= 11 is 6.04. The number of benzene rings is 2. The maximum Gasteiger partial charge on any atom is 0.315 e. The molecule has 2 aromatic carbocycles. The number of phenols is 1. The highest BCUT2D eigenvalue weighted by Crippen LogP contribution is 2.38. The van der Waals surface area contributed by atoms with Crippen molar-refractivity contribution in [3.05, 3.63) is 50.5 Å². The lowest BCUT2D eigenvalue weighted by Crippen LogP contribution is -2.14. The van der Waals surface area contributed by atoms with E-state index in [-0.39, 0.29) is 45.7 Å². The summed E-state index contributed by atoms with van der Waals surface area (Å²) in [6, 6.07) is 6.90. The van der Waals surface area contributed by atoms with Crippen molar-refractivity contribution in [1.29, 1.82) is 5.26 Å². The molecule has 0 spiro atoms. The lowest BCUT2D eigenvalue weighted by atomic mass is 10.1. The standard InChI is InChI=1S/C20H18ClN3O7/c1-4-31-18-7-11(6-15(19(18)25)24(27)28)5-12(10-22)20(26)23-14-9-16(29-2)13(21)8-17(14)30-3/h5-9,25H,4H2,1-3H3,(H,23,26)/b12-5+. The SMILES string of the molecule is CCOc1cc(/C=C(\C#N)C(=O)Nc2cc(OC)c(Cl)cc2OC)cc([N+](=O)[O-])c1O. The number of methoxy groups -OCH3 is 2. The molecule has 162 valence electrons. The van der Waals surface area contributed by atoms with Crippen LogP contribution >= 0.6 is 11.6 Å². The van der Waals surface area contributed by atoms with Crippen LogP contribution in [0.4, 0.5) is 11.4 Å². The van der Waals surface area contributed by atoms with E-state index in [9.17, 15) is 25.3 Å². The van der Waals surface area contributed by atoms with Crippen molar-refractivity contribution in [2.45, 2.75) is 6.92 Å². The smallest absolute Gasteiger partial charge is 0.315 e. The summed E-state index contributed by atoms with van der Waals surface area (Å²) in [6.07, 6.45) is 1.13. The van der Waals surface area contributed by atoms with E-state index in [4.69, 9.17) is 25.8 Å². The Morgan fingerprint density at radius 2 is 1.94 bits per heavy atom. The first kappa shape index (κ1) is 23.3. The number of aromatic hydroxyl groups is 1. The number of nitro benzene ring substituents is 1. The molecule has 0 aromatic heterocycles. The molecule has 0 saturated heterocycles. The first-order valence-corrected chi connectivity index (χ1v) is 9.12. The second kappa shape index (κ2) is 10.2. The first-order chi connectivity index (χ1) is 14.7. The molecule has 0 aliphatic carbocycles. The number of carbonyl (C=O) groups excluding carboxylic acids is 1. The Morgan fingerprint density at radius 3 is 2.48 bits per heavy atom. The van der Waals surface area contributed by atoms with Crippen LogP contribution in [0.15, 0.2) is 29.8 Å². The summed E-state index contributed by atoms with van der Waals surface area (Å²) in [6.45, 7) is 1.78. The maximum absolute atomic E-state index is 12.7. The van der Waals surface area contributed by atoms with Crippen molar-refractivity contribution >= 4 is 35.0 Å². The molecule has 0 aliphatic rings. The summed E-state index contributed by atoms with van der Waals surface area (Å²) in [4.78, 5) is 23.1. The van der Waals surface area contributed by atoms with Crippen molar-refractivity contribution in [1.82, 2.24) is 0 Å². The van der Waals surface area contributed by atoms with Crippen LogP contribution in [-0.4, -0.2) is 36.8 Å². The average molecular weight is 448 g/mol. The molecule has 1 amide bonds. The summed E-state index contributed by atoms with van der Waals surface area (Å²) in [7, 11) is 2.77. The van der Waals surface area contributed by atoms with E-state index in [0.717, 1.165) is 12.1 Å². The molecule has 2 N–H and O–H groups in total. The second-order valence-corrected chi connectivity index (χ2v) is 6.30. The minimum absolute atomic E-state index is 0.111. The number of amides is 1. The van der Waals surface area contributed by atoms with Gasteiger partial charge < -0.3 is 24.6 Å². The third-order valence-corrected chi connectivity index (χ3v) is 4.27. The molecular formula is C20H18ClN3O7. The van der Waals surface area contributed by atoms with Gasteiger partial charge in [-0.05, 0) is 24.6 Å². The highest BCUT2D eigenvalue weighted by molar-refractivity contribution is 6.32. The average Bonchev–Trinajstić information content (AvgIpc) is 2.74. The summed E-state index contributed by atoms with van der Waals surface area (Å²) in [5.41, 5.74) is -0.681. The van der Waals surface area contributed by atoms with Gasteiger partial charge in [0, 0.05) is 18.2 Å². The first-order valence-electron chi connectivity index (χ1n) is 8.74. The molecule has 0 aliphatic heterocycles. The van der Waals surface area contributed by atoms with Crippen LogP contribution < -0.4 is 19.5 Å². The number of rotatable bonds is 8. The van der Waals surface area contributed by atoms with Crippen LogP contribution in [0.2, 0.25) is 5.02 Å². The number of hydrogen-bond donors (Lipinski definition) is 2. The highest BCUT2D eigenvalue weighted by Gasteiger charge is 2.21. The Morgan fingerprint density at radius 1 is 1.26 bits per heavy atom. The van der Waals surface area contributed by atoms with Gasteiger partial charge in [0.2, 0.25) is 5.75 Å². The molecule has 0 fully saturated rings. The Balaban J connectivity index is 2.46. The quantitative estimate of drug-likeness (QED) is 0.268. The Bertz CT molecular complexity index is 1090. The van der Waals surface area contributed by atoms with Crippen molar-refractivity contribution in [3.63, 3.8) is 0 Å². The van der Waals surface area contributed by atoms with E-state index in [1.165, 1.54) is 32.4 Å². The van der Waals surface area contributed by atoms with Gasteiger partial charge in [-0.3, -0.25) is 14.9 Å². The summed E-state index contributed by atoms with van der Waals surface area (Å²) < 4.78 is 15.5. The second-order valence-electron chi connectivity index (χ2n) is 5.89. The number of carbonyl (C=O) groups is 1. The minimum atomic E-state index is -0.807. The van der Waals surface area contributed by atoms with E-state index in [0.29, 0.717) is 0 Å². The third-order valence-electron chi connectivity index (χ3n) is 3.97. The molecule has 31 heavy (non-hydrogen) atoms. The number of nitriles is 1. The fraction of sp³-hybridized carbons (Fsp3) is 0.200. The van der Waals surface area contributed by atoms with E-state index in [1.54, 1.807) is 13.0 Å². The fourth-order valence-corrected chi connectivity index (χ4v) is 2.80. The van der Waals surface area contributed by atoms with Gasteiger partial charge in [0.25, 0.3) is 5.91 Å². The predicted molar refractivity (Wildman–Crippen MR) is 113 cm³/mol. The Hall–Kier alpha value is -3.97. The van der Waals surface area contributed by atoms with Gasteiger partial charge >= 0.3 is 5.69 Å². The molecule has 0 heterocycles. The normalized spacial score (nSPS) is 10.7. The summed E-state index contributed by atoms with van der Waals surface area (Å²) in [5.74, 6) is -1.10. The molecular weight excluding hydrogens is 430 g/mol. The Labute approximate surface area is 182 Å². The molecule has 0 saturated carbocycles. The molecule has 0 unspecified atom stereocenters. The van der Waals surface area contributed by atoms with Gasteiger partial charge in [-0.1, -0.05) is 11.6 Å². The molecule has 10 nitrogen and oxygen atoms in total. The van der Waals surface area contributed by atoms with Crippen molar-refractivity contribution in [2.24, 2.45) is 0 Å². The molecule has 11 heteroatoms. The number of nitrogens with one attached hydrogen (secondary N) is 1. The molecule has 0 radical (unpaired) electrons. The molecule has 2 aromatic rings. The number of phenolic OH excluding ortho intramolecular Hbond substituents is 1. The number of hydrogen-bond acceptors (Lipinski definition) is 8. The number of ether oxygens (including phenoxy) is 3. The largest absolute Gasteiger partial charge is 0.500 e. The number of nitrogens with zero attached hydrogens (tertiary/aromatic N) is 2. The molecule has 0 bridgehead atoms. The zero-order chi connectivity index (χ0) is 23.1. The van der Waals surface area contributed by atoms with Crippen LogP contribution in [0.3, 0.4) is 0 Å². The molecule has 2 rings (SSSR count). The topological polar surface area (TPSA) is 144 Å². The number of halogens is 1. The van der Waals surface area contributed by atoms with Gasteiger partial charge in [0.15, 0.2) is 5.75 Å². The van der Waals surface area contributed by atoms with Gasteiger partial charge in [0.05, 0.1) is 36.5 Å². The van der Waals surface area contributed by atoms with Gasteiger partial charge in [-0.15, -0.1) is 0 Å². The maximum atomic E-state index is 12.7. The van der Waals surface area contributed by atoms with Gasteiger partial charge in [-0.25, -0.2) is 0 Å². The lowest BCUT2D eigenvalue weighted by molar-refractivity contribution is -0.386. The minimum Gasteiger partial charge on any atom is -0.500 e. The number of nitro groups is 1. The van der Waals surface area contributed by atoms with E-state index < -0.39 is 22.3 Å². The van der Waals surface area contributed by atoms with Crippen LogP contribution in [-0.2, 0) is 4.79 Å². The van der Waals surface area contributed by atoms with E-state index in [1.807, 2.05) is 0 Å². The van der Waals surface area contributed by atoms with Crippen molar-refractivity contribution in [2.75, 3.05) is 26.1 Å². The van der Waals surface area contributed by atoms with E-state index in [2.05, 4.69) is 5.32 Å². The predicted octanol–water partition coefficient (Wildman–Crippen LogP) is 3.92. The van der Waals surface area contributed by atoms with Crippen LogP contribution in [0, 0.1) is 21.4 Å². The fourth-order valence-electron chi connectivity index (χ4n) is 2.56. The van der Waals surface area contributed by atoms with Crippen molar-refractivity contribution < 1.29 is 29.0 Å². The zero-order valence-electron chi connectivity index (χ0n) is 16.8. The van der Waals surface area contributed by atoms with Gasteiger partial charge in [0.1, 0.15) is 23.1 Å². The Kier molecular flexibility index (Phi) is 7.65. The van der Waals surface area contributed by atoms with Crippen molar-refractivity contribution in [3.8, 4) is 29.1 Å².